The van der Waals surface area contributed by atoms with E-state index >= 15 is 0 Å². The topological polar surface area (TPSA) is 137 Å². The van der Waals surface area contributed by atoms with Crippen molar-refractivity contribution >= 4 is 28.4 Å². The number of benzene rings is 3. The molecule has 5 aromatic rings. The number of methoxy groups -OCH3 is 2. The molecule has 0 aliphatic heterocycles. The summed E-state index contributed by atoms with van der Waals surface area (Å²) < 4.78 is 11.7. The van der Waals surface area contributed by atoms with Crippen molar-refractivity contribution in [2.75, 3.05) is 14.2 Å². The van der Waals surface area contributed by atoms with Crippen LogP contribution < -0.4 is 15.0 Å². The first kappa shape index (κ1) is 24.6. The van der Waals surface area contributed by atoms with E-state index in [2.05, 4.69) is 20.3 Å². The van der Waals surface area contributed by atoms with E-state index in [9.17, 15) is 14.9 Å². The van der Waals surface area contributed by atoms with E-state index in [-0.39, 0.29) is 11.4 Å². The molecule has 2 aromatic heterocycles. The summed E-state index contributed by atoms with van der Waals surface area (Å²) in [6.07, 6.45) is 0. The zero-order chi connectivity index (χ0) is 26.6. The van der Waals surface area contributed by atoms with Crippen molar-refractivity contribution < 1.29 is 14.4 Å². The standard InChI is InChI=1S/C26H20N6O5S/c1-36-20-12-8-16(9-13-20)22-15-38-26(27-22)31-25(33)24(29-28-18-4-3-5-21(14-18)37-2)23(30-31)17-6-10-19(11-7-17)32(34)35/h3-15,30H,1-2H3. The quantitative estimate of drug-likeness (QED) is 0.143. The Balaban J connectivity index is 1.58. The zero-order valence-electron chi connectivity index (χ0n) is 20.2. The van der Waals surface area contributed by atoms with Crippen LogP contribution in [-0.4, -0.2) is 33.9 Å². The Hall–Kier alpha value is -5.10. The lowest BCUT2D eigenvalue weighted by atomic mass is 10.1. The number of nitro groups is 1. The summed E-state index contributed by atoms with van der Waals surface area (Å²) in [7, 11) is 3.14. The molecule has 3 aromatic carbocycles. The van der Waals surface area contributed by atoms with E-state index < -0.39 is 10.5 Å². The van der Waals surface area contributed by atoms with E-state index in [0.717, 1.165) is 11.3 Å². The number of aromatic nitrogens is 3. The van der Waals surface area contributed by atoms with Crippen LogP contribution in [0.1, 0.15) is 0 Å². The molecule has 38 heavy (non-hydrogen) atoms. The SMILES string of the molecule is COc1ccc(-c2csc(-n3[nH]c(-c4ccc([N+](=O)[O-])cc4)c(N=Nc4cccc(OC)c4)c3=O)n2)cc1. The number of hydrogen-bond acceptors (Lipinski definition) is 9. The average molecular weight is 529 g/mol. The second kappa shape index (κ2) is 10.5. The Morgan fingerprint density at radius 3 is 2.34 bits per heavy atom. The molecule has 190 valence electrons. The van der Waals surface area contributed by atoms with Gasteiger partial charge in [0.2, 0.25) is 5.13 Å². The number of nitrogens with zero attached hydrogens (tertiary/aromatic N) is 5. The molecule has 0 saturated heterocycles. The Morgan fingerprint density at radius 1 is 0.947 bits per heavy atom. The van der Waals surface area contributed by atoms with E-state index in [1.165, 1.54) is 28.2 Å². The summed E-state index contributed by atoms with van der Waals surface area (Å²) in [4.78, 5) is 28.8. The minimum Gasteiger partial charge on any atom is -0.497 e. The largest absolute Gasteiger partial charge is 0.497 e. The number of ether oxygens (including phenoxy) is 2. The molecular weight excluding hydrogens is 508 g/mol. The summed E-state index contributed by atoms with van der Waals surface area (Å²) in [6.45, 7) is 0. The number of non-ortho nitro benzene ring substituents is 1. The molecule has 0 spiro atoms. The predicted molar refractivity (Wildman–Crippen MR) is 143 cm³/mol. The number of thiazole rings is 1. The number of H-pyrrole nitrogens is 1. The molecule has 0 saturated carbocycles. The van der Waals surface area contributed by atoms with Crippen LogP contribution in [-0.2, 0) is 0 Å². The van der Waals surface area contributed by atoms with Crippen molar-refractivity contribution in [3.63, 3.8) is 0 Å². The smallest absolute Gasteiger partial charge is 0.301 e. The fourth-order valence-electron chi connectivity index (χ4n) is 3.65. The maximum Gasteiger partial charge on any atom is 0.301 e. The number of azo groups is 1. The number of rotatable bonds is 8. The van der Waals surface area contributed by atoms with Gasteiger partial charge < -0.3 is 9.47 Å². The summed E-state index contributed by atoms with van der Waals surface area (Å²) in [6, 6.07) is 20.2. The number of nitrogens with one attached hydrogen (secondary N) is 1. The van der Waals surface area contributed by atoms with Gasteiger partial charge in [-0.25, -0.2) is 4.98 Å². The molecule has 0 fully saturated rings. The molecule has 5 rings (SSSR count). The third-order valence-electron chi connectivity index (χ3n) is 5.62. The van der Waals surface area contributed by atoms with Crippen LogP contribution in [0.5, 0.6) is 11.5 Å². The molecule has 0 amide bonds. The van der Waals surface area contributed by atoms with Gasteiger partial charge in [0.05, 0.1) is 36.2 Å². The molecule has 0 aliphatic carbocycles. The normalized spacial score (nSPS) is 11.1. The number of nitro benzene ring substituents is 1. The average Bonchev–Trinajstić information content (AvgIpc) is 3.57. The minimum absolute atomic E-state index is 0.0304. The van der Waals surface area contributed by atoms with E-state index in [0.29, 0.717) is 33.5 Å². The zero-order valence-corrected chi connectivity index (χ0v) is 21.0. The monoisotopic (exact) mass is 528 g/mol. The summed E-state index contributed by atoms with van der Waals surface area (Å²) in [5.74, 6) is 1.32. The third-order valence-corrected chi connectivity index (χ3v) is 6.45. The Kier molecular flexibility index (Phi) is 6.78. The molecule has 0 radical (unpaired) electrons. The molecule has 1 N–H and O–H groups in total. The van der Waals surface area contributed by atoms with Gasteiger partial charge in [0.1, 0.15) is 11.5 Å². The van der Waals surface area contributed by atoms with Crippen LogP contribution in [0.2, 0.25) is 0 Å². The molecular formula is C26H20N6O5S. The predicted octanol–water partition coefficient (Wildman–Crippen LogP) is 6.30. The maximum atomic E-state index is 13.5. The lowest BCUT2D eigenvalue weighted by molar-refractivity contribution is -0.384. The van der Waals surface area contributed by atoms with E-state index in [1.54, 1.807) is 50.6 Å². The Morgan fingerprint density at radius 2 is 1.66 bits per heavy atom. The van der Waals surface area contributed by atoms with Crippen LogP contribution in [0, 0.1) is 10.1 Å². The van der Waals surface area contributed by atoms with Crippen molar-refractivity contribution in [2.45, 2.75) is 0 Å². The van der Waals surface area contributed by atoms with Crippen LogP contribution in [0.4, 0.5) is 17.1 Å². The van der Waals surface area contributed by atoms with E-state index in [4.69, 9.17) is 9.47 Å². The lowest BCUT2D eigenvalue weighted by Gasteiger charge is -2.01. The fourth-order valence-corrected chi connectivity index (χ4v) is 4.44. The number of hydrogen-bond donors (Lipinski definition) is 1. The first-order chi connectivity index (χ1) is 18.5. The highest BCUT2D eigenvalue weighted by molar-refractivity contribution is 7.12. The number of aromatic amines is 1. The van der Waals surface area contributed by atoms with Crippen LogP contribution in [0.25, 0.3) is 27.6 Å². The van der Waals surface area contributed by atoms with Crippen LogP contribution in [0.15, 0.2) is 93.2 Å². The first-order valence-electron chi connectivity index (χ1n) is 11.2. The highest BCUT2D eigenvalue weighted by Crippen LogP contribution is 2.31. The highest BCUT2D eigenvalue weighted by Gasteiger charge is 2.20. The molecule has 0 atom stereocenters. The van der Waals surface area contributed by atoms with Crippen molar-refractivity contribution in [2.24, 2.45) is 10.2 Å². The second-order valence-electron chi connectivity index (χ2n) is 7.93. The van der Waals surface area contributed by atoms with Gasteiger partial charge >= 0.3 is 5.56 Å². The van der Waals surface area contributed by atoms with Gasteiger partial charge in [-0.1, -0.05) is 6.07 Å². The molecule has 0 aliphatic rings. The van der Waals surface area contributed by atoms with Gasteiger partial charge in [-0.05, 0) is 48.5 Å². The van der Waals surface area contributed by atoms with Gasteiger partial charge in [0.25, 0.3) is 5.69 Å². The molecule has 0 bridgehead atoms. The molecule has 12 heteroatoms. The second-order valence-corrected chi connectivity index (χ2v) is 8.76. The molecule has 0 unspecified atom stereocenters. The molecule has 11 nitrogen and oxygen atoms in total. The van der Waals surface area contributed by atoms with Gasteiger partial charge in [-0.2, -0.15) is 9.80 Å². The van der Waals surface area contributed by atoms with Gasteiger partial charge in [-0.3, -0.25) is 20.0 Å². The highest BCUT2D eigenvalue weighted by atomic mass is 32.1. The Labute approximate surface area is 219 Å². The lowest BCUT2D eigenvalue weighted by Crippen LogP contribution is -2.13. The molecule has 2 heterocycles. The first-order valence-corrected chi connectivity index (χ1v) is 12.1. The summed E-state index contributed by atoms with van der Waals surface area (Å²) >= 11 is 1.28. The van der Waals surface area contributed by atoms with Crippen molar-refractivity contribution in [1.82, 2.24) is 14.8 Å². The van der Waals surface area contributed by atoms with Crippen LogP contribution in [0.3, 0.4) is 0 Å². The van der Waals surface area contributed by atoms with Crippen molar-refractivity contribution in [3.05, 3.63) is 98.6 Å². The fraction of sp³-hybridized carbons (Fsp3) is 0.0769. The summed E-state index contributed by atoms with van der Waals surface area (Å²) in [5.41, 5.74) is 2.40. The summed E-state index contributed by atoms with van der Waals surface area (Å²) in [5, 5.41) is 24.9. The van der Waals surface area contributed by atoms with Gasteiger partial charge in [0.15, 0.2) is 5.69 Å². The third kappa shape index (κ3) is 4.92. The Bertz CT molecular complexity index is 1690. The van der Waals surface area contributed by atoms with Crippen LogP contribution >= 0.6 is 11.3 Å². The van der Waals surface area contributed by atoms with Gasteiger partial charge in [-0.15, -0.1) is 16.5 Å². The minimum atomic E-state index is -0.489. The maximum absolute atomic E-state index is 13.5. The van der Waals surface area contributed by atoms with Gasteiger partial charge in [0, 0.05) is 34.7 Å². The van der Waals surface area contributed by atoms with Crippen molar-refractivity contribution in [1.29, 1.82) is 0 Å². The van der Waals surface area contributed by atoms with Crippen molar-refractivity contribution in [3.8, 4) is 39.1 Å². The van der Waals surface area contributed by atoms with E-state index in [1.807, 2.05) is 29.6 Å².